The number of carbonyl (C=O) groups excluding carboxylic acids is 1. The summed E-state index contributed by atoms with van der Waals surface area (Å²) in [6.07, 6.45) is 0. The van der Waals surface area contributed by atoms with Crippen LogP contribution >= 0.6 is 23.1 Å². The zero-order valence-corrected chi connectivity index (χ0v) is 17.1. The molecule has 2 aromatic heterocycles. The summed E-state index contributed by atoms with van der Waals surface area (Å²) in [6, 6.07) is 15.4. The lowest BCUT2D eigenvalue weighted by molar-refractivity contribution is -0.119. The summed E-state index contributed by atoms with van der Waals surface area (Å²) in [5.74, 6) is 0.520. The molecular weight excluding hydrogens is 409 g/mol. The maximum absolute atomic E-state index is 13.3. The number of hydrogen-bond donors (Lipinski definition) is 2. The summed E-state index contributed by atoms with van der Waals surface area (Å²) in [7, 11) is 1.61. The van der Waals surface area contributed by atoms with Crippen LogP contribution in [0.4, 0.5) is 4.39 Å². The number of fused-ring (bicyclic) bond motifs is 1. The van der Waals surface area contributed by atoms with E-state index in [-0.39, 0.29) is 23.5 Å². The summed E-state index contributed by atoms with van der Waals surface area (Å²) in [4.78, 5) is 21.3. The van der Waals surface area contributed by atoms with E-state index in [2.05, 4.69) is 15.3 Å². The van der Waals surface area contributed by atoms with Gasteiger partial charge in [-0.05, 0) is 41.3 Å². The Kier molecular flexibility index (Phi) is 5.82. The van der Waals surface area contributed by atoms with Gasteiger partial charge in [0.1, 0.15) is 11.6 Å². The van der Waals surface area contributed by atoms with Gasteiger partial charge in [0.2, 0.25) is 5.91 Å². The fourth-order valence-corrected chi connectivity index (χ4v) is 4.43. The molecule has 4 aromatic rings. The lowest BCUT2D eigenvalue weighted by Crippen LogP contribution is -2.30. The van der Waals surface area contributed by atoms with Crippen LogP contribution in [0.3, 0.4) is 0 Å². The third-order valence-corrected chi connectivity index (χ3v) is 6.15. The molecule has 0 unspecified atom stereocenters. The molecule has 2 heterocycles. The fourth-order valence-electron chi connectivity index (χ4n) is 2.93. The Labute approximate surface area is 175 Å². The number of nitrogens with one attached hydrogen (secondary N) is 2. The van der Waals surface area contributed by atoms with Crippen LogP contribution in [0.15, 0.2) is 65.1 Å². The van der Waals surface area contributed by atoms with Crippen LogP contribution in [0.2, 0.25) is 0 Å². The number of H-pyrrole nitrogens is 1. The number of benzene rings is 2. The van der Waals surface area contributed by atoms with Crippen molar-refractivity contribution in [1.29, 1.82) is 0 Å². The minimum atomic E-state index is -0.316. The molecule has 1 amide bonds. The Hall–Kier alpha value is -2.84. The highest BCUT2D eigenvalue weighted by Gasteiger charge is 2.18. The van der Waals surface area contributed by atoms with Crippen molar-refractivity contribution in [2.45, 2.75) is 11.2 Å². The first kappa shape index (κ1) is 19.5. The number of halogens is 1. The third-order valence-electron chi connectivity index (χ3n) is 4.34. The van der Waals surface area contributed by atoms with E-state index in [1.54, 1.807) is 30.6 Å². The Balaban J connectivity index is 1.45. The van der Waals surface area contributed by atoms with Crippen LogP contribution in [-0.4, -0.2) is 28.7 Å². The number of rotatable bonds is 7. The number of nitrogens with zero attached hydrogens (tertiary/aromatic N) is 1. The van der Waals surface area contributed by atoms with Gasteiger partial charge < -0.3 is 15.0 Å². The van der Waals surface area contributed by atoms with Gasteiger partial charge in [0.25, 0.3) is 0 Å². The van der Waals surface area contributed by atoms with Gasteiger partial charge >= 0.3 is 0 Å². The number of methoxy groups -OCH3 is 1. The molecule has 2 aromatic carbocycles. The molecular formula is C21H18FN3O2S2. The van der Waals surface area contributed by atoms with Gasteiger partial charge in [0.15, 0.2) is 5.16 Å². The molecule has 5 nitrogen and oxygen atoms in total. The molecule has 29 heavy (non-hydrogen) atoms. The molecule has 0 aliphatic rings. The van der Waals surface area contributed by atoms with E-state index in [1.165, 1.54) is 23.9 Å². The zero-order valence-electron chi connectivity index (χ0n) is 15.5. The smallest absolute Gasteiger partial charge is 0.231 e. The highest BCUT2D eigenvalue weighted by Crippen LogP contribution is 2.27. The van der Waals surface area contributed by atoms with Crippen molar-refractivity contribution in [3.63, 3.8) is 0 Å². The monoisotopic (exact) mass is 427 g/mol. The normalized spacial score (nSPS) is 12.1. The van der Waals surface area contributed by atoms with Crippen LogP contribution in [0.25, 0.3) is 11.0 Å². The predicted octanol–water partition coefficient (Wildman–Crippen LogP) is 4.77. The Morgan fingerprint density at radius 2 is 2.10 bits per heavy atom. The third kappa shape index (κ3) is 4.60. The van der Waals surface area contributed by atoms with Crippen molar-refractivity contribution >= 4 is 40.0 Å². The average Bonchev–Trinajstić information content (AvgIpc) is 3.40. The Morgan fingerprint density at radius 1 is 1.28 bits per heavy atom. The molecule has 0 spiro atoms. The number of imidazole rings is 1. The van der Waals surface area contributed by atoms with E-state index in [0.29, 0.717) is 5.16 Å². The number of carbonyl (C=O) groups is 1. The molecule has 4 rings (SSSR count). The van der Waals surface area contributed by atoms with Gasteiger partial charge in [-0.15, -0.1) is 11.3 Å². The molecule has 0 aliphatic carbocycles. The second kappa shape index (κ2) is 8.67. The molecule has 0 fully saturated rings. The van der Waals surface area contributed by atoms with Gasteiger partial charge in [0, 0.05) is 10.9 Å². The second-order valence-corrected chi connectivity index (χ2v) is 8.22. The molecule has 8 heteroatoms. The van der Waals surface area contributed by atoms with Crippen molar-refractivity contribution in [1.82, 2.24) is 15.3 Å². The van der Waals surface area contributed by atoms with Crippen molar-refractivity contribution in [2.75, 3.05) is 12.9 Å². The van der Waals surface area contributed by atoms with Gasteiger partial charge in [-0.25, -0.2) is 9.37 Å². The van der Waals surface area contributed by atoms with E-state index in [1.807, 2.05) is 35.7 Å². The molecule has 0 aliphatic heterocycles. The molecule has 0 saturated heterocycles. The van der Waals surface area contributed by atoms with Crippen LogP contribution in [0, 0.1) is 5.82 Å². The maximum Gasteiger partial charge on any atom is 0.231 e. The van der Waals surface area contributed by atoms with Gasteiger partial charge in [-0.3, -0.25) is 4.79 Å². The summed E-state index contributed by atoms with van der Waals surface area (Å²) >= 11 is 2.88. The van der Waals surface area contributed by atoms with Crippen LogP contribution in [0.5, 0.6) is 5.75 Å². The first-order valence-electron chi connectivity index (χ1n) is 8.87. The SMILES string of the molecule is COc1ccc2nc(SCC(=O)N[C@H](c3ccc(F)cc3)c3cccs3)[nH]c2c1. The Morgan fingerprint density at radius 3 is 2.83 bits per heavy atom. The fraction of sp³-hybridized carbons (Fsp3) is 0.143. The number of amides is 1. The first-order chi connectivity index (χ1) is 14.1. The average molecular weight is 428 g/mol. The number of ether oxygens (including phenoxy) is 1. The number of thioether (sulfide) groups is 1. The lowest BCUT2D eigenvalue weighted by atomic mass is 10.1. The standard InChI is InChI=1S/C21H18FN3O2S2/c1-27-15-8-9-16-17(11-15)24-21(23-16)29-12-19(26)25-20(18-3-2-10-28-18)13-4-6-14(22)7-5-13/h2-11,20H,12H2,1H3,(H,23,24)(H,25,26)/t20-/m1/s1. The maximum atomic E-state index is 13.3. The summed E-state index contributed by atoms with van der Waals surface area (Å²) < 4.78 is 18.5. The molecule has 0 radical (unpaired) electrons. The second-order valence-electron chi connectivity index (χ2n) is 6.28. The van der Waals surface area contributed by atoms with E-state index in [9.17, 15) is 9.18 Å². The summed E-state index contributed by atoms with van der Waals surface area (Å²) in [5.41, 5.74) is 2.51. The Bertz CT molecular complexity index is 1110. The number of hydrogen-bond acceptors (Lipinski definition) is 5. The van der Waals surface area contributed by atoms with Gasteiger partial charge in [0.05, 0.1) is 29.9 Å². The van der Waals surface area contributed by atoms with Crippen molar-refractivity contribution in [3.8, 4) is 5.75 Å². The van der Waals surface area contributed by atoms with Crippen molar-refractivity contribution in [3.05, 3.63) is 76.2 Å². The molecule has 0 bridgehead atoms. The molecule has 1 atom stereocenters. The summed E-state index contributed by atoms with van der Waals surface area (Å²) in [6.45, 7) is 0. The topological polar surface area (TPSA) is 67.0 Å². The minimum absolute atomic E-state index is 0.129. The van der Waals surface area contributed by atoms with Crippen LogP contribution < -0.4 is 10.1 Å². The van der Waals surface area contributed by atoms with Crippen molar-refractivity contribution in [2.24, 2.45) is 0 Å². The highest BCUT2D eigenvalue weighted by atomic mass is 32.2. The van der Waals surface area contributed by atoms with Crippen LogP contribution in [0.1, 0.15) is 16.5 Å². The number of aromatic nitrogens is 2. The molecule has 0 saturated carbocycles. The zero-order chi connectivity index (χ0) is 20.2. The number of aromatic amines is 1. The van der Waals surface area contributed by atoms with E-state index in [0.717, 1.165) is 27.2 Å². The van der Waals surface area contributed by atoms with E-state index < -0.39 is 0 Å². The minimum Gasteiger partial charge on any atom is -0.497 e. The van der Waals surface area contributed by atoms with Gasteiger partial charge in [-0.2, -0.15) is 0 Å². The molecule has 2 N–H and O–H groups in total. The van der Waals surface area contributed by atoms with E-state index >= 15 is 0 Å². The highest BCUT2D eigenvalue weighted by molar-refractivity contribution is 7.99. The van der Waals surface area contributed by atoms with E-state index in [4.69, 9.17) is 4.74 Å². The van der Waals surface area contributed by atoms with Gasteiger partial charge in [-0.1, -0.05) is 30.0 Å². The largest absolute Gasteiger partial charge is 0.497 e. The lowest BCUT2D eigenvalue weighted by Gasteiger charge is -2.18. The van der Waals surface area contributed by atoms with Crippen LogP contribution in [-0.2, 0) is 4.79 Å². The first-order valence-corrected chi connectivity index (χ1v) is 10.7. The van der Waals surface area contributed by atoms with Crippen molar-refractivity contribution < 1.29 is 13.9 Å². The summed E-state index contributed by atoms with van der Waals surface area (Å²) in [5, 5.41) is 5.66. The predicted molar refractivity (Wildman–Crippen MR) is 114 cm³/mol. The molecule has 148 valence electrons. The quantitative estimate of drug-likeness (QED) is 0.417. The number of thiophene rings is 1.